The van der Waals surface area contributed by atoms with Gasteiger partial charge >= 0.3 is 0 Å². The van der Waals surface area contributed by atoms with Crippen LogP contribution in [0, 0.1) is 10.1 Å². The van der Waals surface area contributed by atoms with Crippen LogP contribution in [0.5, 0.6) is 0 Å². The number of thiazole rings is 1. The van der Waals surface area contributed by atoms with Gasteiger partial charge in [0.05, 0.1) is 16.4 Å². The molecule has 5 rings (SSSR count). The summed E-state index contributed by atoms with van der Waals surface area (Å²) in [5.74, 6) is -0.324. The van der Waals surface area contributed by atoms with Gasteiger partial charge in [-0.15, -0.1) is 23.1 Å². The van der Waals surface area contributed by atoms with Crippen LogP contribution in [0.15, 0.2) is 101 Å². The number of non-ortho nitro benzene ring substituents is 1. The second-order valence-electron chi connectivity index (χ2n) is 8.22. The van der Waals surface area contributed by atoms with Gasteiger partial charge in [-0.2, -0.15) is 0 Å². The smallest absolute Gasteiger partial charge is 0.269 e. The first-order chi connectivity index (χ1) is 18.4. The maximum atomic E-state index is 12.5. The summed E-state index contributed by atoms with van der Waals surface area (Å²) in [4.78, 5) is 40.5. The molecule has 2 N–H and O–H groups in total. The van der Waals surface area contributed by atoms with Crippen molar-refractivity contribution in [2.24, 2.45) is 0 Å². The summed E-state index contributed by atoms with van der Waals surface area (Å²) in [6.45, 7) is 0. The summed E-state index contributed by atoms with van der Waals surface area (Å²) in [6, 6.07) is 26.8. The molecule has 38 heavy (non-hydrogen) atoms. The fourth-order valence-corrected chi connectivity index (χ4v) is 5.12. The van der Waals surface area contributed by atoms with Crippen LogP contribution in [-0.4, -0.2) is 27.5 Å². The molecule has 0 unspecified atom stereocenters. The molecular weight excluding hydrogens is 520 g/mol. The third-order valence-corrected chi connectivity index (χ3v) is 7.39. The zero-order valence-electron chi connectivity index (χ0n) is 19.8. The fourth-order valence-electron chi connectivity index (χ4n) is 3.69. The molecule has 2 amide bonds. The number of carbonyl (C=O) groups excluding carboxylic acids is 2. The standard InChI is InChI=1S/C28H20N4O4S2/c33-26(31-28-30-25(16-38-28)21-6-5-18-3-1-2-4-20(18)15-21)17-37-24-13-9-22(10-14-24)29-27(34)19-7-11-23(12-8-19)32(35)36/h1-16H,17H2,(H,29,34)(H,30,31,33). The van der Waals surface area contributed by atoms with Gasteiger partial charge < -0.3 is 10.6 Å². The molecule has 0 spiro atoms. The predicted octanol–water partition coefficient (Wildman–Crippen LogP) is 6.85. The topological polar surface area (TPSA) is 114 Å². The van der Waals surface area contributed by atoms with Crippen LogP contribution in [0.2, 0.25) is 0 Å². The maximum Gasteiger partial charge on any atom is 0.269 e. The van der Waals surface area contributed by atoms with E-state index in [1.807, 2.05) is 35.7 Å². The first-order valence-corrected chi connectivity index (χ1v) is 13.3. The van der Waals surface area contributed by atoms with E-state index < -0.39 is 4.92 Å². The van der Waals surface area contributed by atoms with E-state index in [2.05, 4.69) is 39.9 Å². The number of nitrogens with one attached hydrogen (secondary N) is 2. The number of nitro benzene ring substituents is 1. The number of hydrogen-bond acceptors (Lipinski definition) is 7. The normalized spacial score (nSPS) is 10.7. The number of nitrogens with zero attached hydrogens (tertiary/aromatic N) is 2. The average molecular weight is 541 g/mol. The van der Waals surface area contributed by atoms with Gasteiger partial charge in [0, 0.05) is 39.2 Å². The van der Waals surface area contributed by atoms with Crippen molar-refractivity contribution in [1.82, 2.24) is 4.98 Å². The molecule has 188 valence electrons. The van der Waals surface area contributed by atoms with Crippen LogP contribution >= 0.6 is 23.1 Å². The minimum atomic E-state index is -0.515. The molecule has 0 aliphatic carbocycles. The number of fused-ring (bicyclic) bond motifs is 1. The number of carbonyl (C=O) groups is 2. The van der Waals surface area contributed by atoms with Gasteiger partial charge in [-0.1, -0.05) is 36.4 Å². The molecule has 5 aromatic rings. The van der Waals surface area contributed by atoms with Crippen LogP contribution in [0.3, 0.4) is 0 Å². The van der Waals surface area contributed by atoms with E-state index >= 15 is 0 Å². The van der Waals surface area contributed by atoms with Crippen molar-refractivity contribution in [3.8, 4) is 11.3 Å². The Morgan fingerprint density at radius 3 is 2.37 bits per heavy atom. The van der Waals surface area contributed by atoms with Gasteiger partial charge in [-0.3, -0.25) is 19.7 Å². The minimum Gasteiger partial charge on any atom is -0.322 e. The molecule has 8 nitrogen and oxygen atoms in total. The summed E-state index contributed by atoms with van der Waals surface area (Å²) < 4.78 is 0. The first-order valence-electron chi connectivity index (χ1n) is 11.5. The monoisotopic (exact) mass is 540 g/mol. The lowest BCUT2D eigenvalue weighted by molar-refractivity contribution is -0.384. The minimum absolute atomic E-state index is 0.0767. The van der Waals surface area contributed by atoms with E-state index in [9.17, 15) is 19.7 Å². The Bertz CT molecular complexity index is 1630. The summed E-state index contributed by atoms with van der Waals surface area (Å²) in [7, 11) is 0. The first kappa shape index (κ1) is 25.1. The van der Waals surface area contributed by atoms with Crippen molar-refractivity contribution >= 4 is 62.2 Å². The Balaban J connectivity index is 1.12. The van der Waals surface area contributed by atoms with E-state index in [-0.39, 0.29) is 23.3 Å². The highest BCUT2D eigenvalue weighted by Gasteiger charge is 2.11. The third kappa shape index (κ3) is 6.05. The Hall–Kier alpha value is -4.54. The van der Waals surface area contributed by atoms with Gasteiger partial charge in [0.15, 0.2) is 5.13 Å². The number of hydrogen-bond donors (Lipinski definition) is 2. The zero-order valence-corrected chi connectivity index (χ0v) is 21.4. The van der Waals surface area contributed by atoms with Gasteiger partial charge in [0.2, 0.25) is 5.91 Å². The zero-order chi connectivity index (χ0) is 26.5. The van der Waals surface area contributed by atoms with Gasteiger partial charge in [0.25, 0.3) is 11.6 Å². The number of thioether (sulfide) groups is 1. The quantitative estimate of drug-likeness (QED) is 0.126. The van der Waals surface area contributed by atoms with Crippen molar-refractivity contribution in [3.05, 3.63) is 112 Å². The van der Waals surface area contributed by atoms with E-state index in [1.165, 1.54) is 47.4 Å². The van der Waals surface area contributed by atoms with Gasteiger partial charge in [-0.05, 0) is 53.2 Å². The summed E-state index contributed by atoms with van der Waals surface area (Å²) in [5, 5.41) is 21.1. The second-order valence-corrected chi connectivity index (χ2v) is 10.1. The van der Waals surface area contributed by atoms with Crippen LogP contribution in [0.4, 0.5) is 16.5 Å². The number of nitro groups is 1. The SMILES string of the molecule is O=C(CSc1ccc(NC(=O)c2ccc([N+](=O)[O-])cc2)cc1)Nc1nc(-c2ccc3ccccc3c2)cs1. The van der Waals surface area contributed by atoms with E-state index in [4.69, 9.17) is 0 Å². The highest BCUT2D eigenvalue weighted by molar-refractivity contribution is 8.00. The molecule has 1 heterocycles. The Morgan fingerprint density at radius 1 is 0.895 bits per heavy atom. The largest absolute Gasteiger partial charge is 0.322 e. The van der Waals surface area contributed by atoms with Crippen LogP contribution in [0.25, 0.3) is 22.0 Å². The lowest BCUT2D eigenvalue weighted by Gasteiger charge is -2.07. The third-order valence-electron chi connectivity index (χ3n) is 5.62. The average Bonchev–Trinajstić information content (AvgIpc) is 3.40. The number of anilines is 2. The Labute approximate surface area is 225 Å². The van der Waals surface area contributed by atoms with Crippen molar-refractivity contribution in [3.63, 3.8) is 0 Å². The molecule has 0 fully saturated rings. The van der Waals surface area contributed by atoms with E-state index in [0.717, 1.165) is 26.9 Å². The summed E-state index contributed by atoms with van der Waals surface area (Å²) in [6.07, 6.45) is 0. The fraction of sp³-hybridized carbons (Fsp3) is 0.0357. The molecular formula is C28H20N4O4S2. The Kier molecular flexibility index (Phi) is 7.43. The van der Waals surface area contributed by atoms with Crippen molar-refractivity contribution in [2.75, 3.05) is 16.4 Å². The number of aromatic nitrogens is 1. The second kappa shape index (κ2) is 11.2. The van der Waals surface area contributed by atoms with Crippen molar-refractivity contribution < 1.29 is 14.5 Å². The number of amides is 2. The molecule has 0 aliphatic rings. The maximum absolute atomic E-state index is 12.5. The van der Waals surface area contributed by atoms with E-state index in [0.29, 0.717) is 16.4 Å². The summed E-state index contributed by atoms with van der Waals surface area (Å²) >= 11 is 2.75. The van der Waals surface area contributed by atoms with Crippen molar-refractivity contribution in [2.45, 2.75) is 4.90 Å². The lowest BCUT2D eigenvalue weighted by atomic mass is 10.1. The van der Waals surface area contributed by atoms with Gasteiger partial charge in [-0.25, -0.2) is 4.98 Å². The molecule has 1 aromatic heterocycles. The number of benzene rings is 4. The lowest BCUT2D eigenvalue weighted by Crippen LogP contribution is -2.13. The highest BCUT2D eigenvalue weighted by Crippen LogP contribution is 2.28. The molecule has 0 aliphatic heterocycles. The molecule has 10 heteroatoms. The molecule has 0 atom stereocenters. The molecule has 0 radical (unpaired) electrons. The number of rotatable bonds is 8. The summed E-state index contributed by atoms with van der Waals surface area (Å²) in [5.41, 5.74) is 2.63. The molecule has 0 bridgehead atoms. The van der Waals surface area contributed by atoms with Crippen LogP contribution < -0.4 is 10.6 Å². The van der Waals surface area contributed by atoms with Gasteiger partial charge in [0.1, 0.15) is 0 Å². The molecule has 0 saturated carbocycles. The van der Waals surface area contributed by atoms with Crippen LogP contribution in [-0.2, 0) is 4.79 Å². The molecule has 0 saturated heterocycles. The molecule has 4 aromatic carbocycles. The highest BCUT2D eigenvalue weighted by atomic mass is 32.2. The van der Waals surface area contributed by atoms with Crippen molar-refractivity contribution in [1.29, 1.82) is 0 Å². The van der Waals surface area contributed by atoms with Crippen LogP contribution in [0.1, 0.15) is 10.4 Å². The predicted molar refractivity (Wildman–Crippen MR) is 152 cm³/mol. The van der Waals surface area contributed by atoms with E-state index in [1.54, 1.807) is 12.1 Å². The Morgan fingerprint density at radius 2 is 1.63 bits per heavy atom.